The van der Waals surface area contributed by atoms with Gasteiger partial charge in [-0.3, -0.25) is 14.5 Å². The molecule has 0 saturated carbocycles. The number of esters is 1. The molecule has 0 aliphatic carbocycles. The zero-order chi connectivity index (χ0) is 31.9. The first-order chi connectivity index (χ1) is 21.0. The van der Waals surface area contributed by atoms with Crippen LogP contribution >= 0.6 is 23.1 Å². The Morgan fingerprint density at radius 1 is 1.27 bits per heavy atom. The minimum atomic E-state index is -0.877. The van der Waals surface area contributed by atoms with Gasteiger partial charge in [0.1, 0.15) is 43.9 Å². The molecule has 0 unspecified atom stereocenters. The molecule has 2 fully saturated rings. The van der Waals surface area contributed by atoms with Crippen molar-refractivity contribution >= 4 is 51.8 Å². The van der Waals surface area contributed by atoms with Crippen LogP contribution in [-0.2, 0) is 37.4 Å². The van der Waals surface area contributed by atoms with Gasteiger partial charge < -0.3 is 48.4 Å². The molecule has 3 amide bonds. The van der Waals surface area contributed by atoms with Gasteiger partial charge in [0.15, 0.2) is 0 Å². The van der Waals surface area contributed by atoms with Crippen molar-refractivity contribution < 1.29 is 62.3 Å². The van der Waals surface area contributed by atoms with Crippen LogP contribution in [0.1, 0.15) is 26.1 Å². The number of hydrogen-bond donors (Lipinski definition) is 1. The SMILES string of the molecule is C=CCOC(=O)C1=C(S[C@H]2C[C@@H](C(=O)N(C)Cc3n4ccsc4c[n+]3C)N(C(=O)OCC=C)C2)[C@H](C)[C@@H]2[C@@H]([C@@H](C)O)C(=O)N12.[I-]. The van der Waals surface area contributed by atoms with Gasteiger partial charge in [-0.05, 0) is 13.3 Å². The summed E-state index contributed by atoms with van der Waals surface area (Å²) in [6.07, 6.45) is 5.69. The number of amides is 3. The van der Waals surface area contributed by atoms with E-state index < -0.39 is 30.1 Å². The third-order valence-electron chi connectivity index (χ3n) is 8.41. The molecule has 0 bridgehead atoms. The molecule has 0 spiro atoms. The predicted octanol–water partition coefficient (Wildman–Crippen LogP) is -0.915. The van der Waals surface area contributed by atoms with E-state index in [1.54, 1.807) is 30.2 Å². The van der Waals surface area contributed by atoms with Gasteiger partial charge in [0.2, 0.25) is 16.6 Å². The van der Waals surface area contributed by atoms with Gasteiger partial charge >= 0.3 is 12.1 Å². The van der Waals surface area contributed by atoms with Crippen LogP contribution in [0.2, 0.25) is 0 Å². The number of halogens is 1. The van der Waals surface area contributed by atoms with Crippen LogP contribution in [0.5, 0.6) is 0 Å². The highest BCUT2D eigenvalue weighted by Gasteiger charge is 2.60. The summed E-state index contributed by atoms with van der Waals surface area (Å²) in [5.41, 5.74) is 0.157. The van der Waals surface area contributed by atoms with Crippen molar-refractivity contribution in [1.82, 2.24) is 19.1 Å². The molecule has 45 heavy (non-hydrogen) atoms. The molecule has 3 aliphatic heterocycles. The maximum atomic E-state index is 13.9. The van der Waals surface area contributed by atoms with Gasteiger partial charge in [-0.1, -0.05) is 43.6 Å². The molecule has 12 nitrogen and oxygen atoms in total. The number of ether oxygens (including phenoxy) is 2. The number of likely N-dealkylation sites (tertiary alicyclic amines) is 1. The van der Waals surface area contributed by atoms with Gasteiger partial charge in [0, 0.05) is 35.0 Å². The van der Waals surface area contributed by atoms with Crippen LogP contribution in [0.3, 0.4) is 0 Å². The van der Waals surface area contributed by atoms with E-state index in [0.717, 1.165) is 10.7 Å². The number of fused-ring (bicyclic) bond motifs is 2. The highest BCUT2D eigenvalue weighted by atomic mass is 127. The summed E-state index contributed by atoms with van der Waals surface area (Å²) in [4.78, 5) is 59.5. The molecule has 244 valence electrons. The minimum Gasteiger partial charge on any atom is -1.00 e. The Labute approximate surface area is 287 Å². The van der Waals surface area contributed by atoms with Crippen LogP contribution in [0.25, 0.3) is 4.83 Å². The number of hydrogen-bond acceptors (Lipinski definition) is 9. The van der Waals surface area contributed by atoms with Gasteiger partial charge in [-0.25, -0.2) is 14.2 Å². The summed E-state index contributed by atoms with van der Waals surface area (Å²) in [6.45, 7) is 11.2. The number of carbonyl (C=O) groups is 4. The van der Waals surface area contributed by atoms with E-state index in [0.29, 0.717) is 17.9 Å². The van der Waals surface area contributed by atoms with Crippen LogP contribution in [0.15, 0.2) is 53.7 Å². The monoisotopic (exact) mass is 771 g/mol. The maximum absolute atomic E-state index is 13.9. The van der Waals surface area contributed by atoms with E-state index in [4.69, 9.17) is 9.47 Å². The lowest BCUT2D eigenvalue weighted by atomic mass is 9.79. The fourth-order valence-corrected chi connectivity index (χ4v) is 8.66. The normalized spacial score (nSPS) is 24.6. The van der Waals surface area contributed by atoms with Crippen LogP contribution in [0, 0.1) is 11.8 Å². The first-order valence-corrected chi connectivity index (χ1v) is 16.2. The number of β-lactam (4-membered cyclic amide) rings is 1. The first kappa shape index (κ1) is 35.0. The Bertz CT molecular complexity index is 1540. The van der Waals surface area contributed by atoms with E-state index in [-0.39, 0.29) is 78.5 Å². The molecular formula is C30H38IN5O7S2. The summed E-state index contributed by atoms with van der Waals surface area (Å²) in [5.74, 6) is -1.19. The van der Waals surface area contributed by atoms with Crippen molar-refractivity contribution in [2.75, 3.05) is 26.8 Å². The standard InChI is InChI=1S/C30H38N5O7S2.HI/c1-7-10-41-29(39)25-26(17(3)24-23(18(4)36)28(38)35(24)25)44-19-13-20(34(14-19)30(40)42-11-8-2)27(37)32(6)15-21-31(5)16-22-33(21)9-12-43-22;/h7-9,12,16-20,23-24,36H,1-2,10-11,13-15H2,3-6H3;1H/q+1;/p-1/t17-,18-,19+,20+,23-,24-;/m1./s1. The number of aliphatic hydroxyl groups is 1. The van der Waals surface area contributed by atoms with Gasteiger partial charge in [0.25, 0.3) is 5.82 Å². The molecule has 2 aromatic rings. The number of aromatic nitrogens is 2. The molecule has 3 aliphatic rings. The molecule has 2 saturated heterocycles. The molecular weight excluding hydrogens is 733 g/mol. The Morgan fingerprint density at radius 3 is 2.62 bits per heavy atom. The van der Waals surface area contributed by atoms with Crippen LogP contribution in [-0.4, -0.2) is 98.3 Å². The Kier molecular flexibility index (Phi) is 11.1. The van der Waals surface area contributed by atoms with Gasteiger partial charge in [0.05, 0.1) is 25.1 Å². The lowest BCUT2D eigenvalue weighted by molar-refractivity contribution is -0.678. The lowest BCUT2D eigenvalue weighted by Crippen LogP contribution is -3.00. The Balaban J connectivity index is 0.00000461. The van der Waals surface area contributed by atoms with E-state index in [9.17, 15) is 24.3 Å². The zero-order valence-corrected chi connectivity index (χ0v) is 29.4. The van der Waals surface area contributed by atoms with Crippen LogP contribution < -0.4 is 28.5 Å². The molecule has 15 heteroatoms. The fourth-order valence-electron chi connectivity index (χ4n) is 6.32. The maximum Gasteiger partial charge on any atom is 0.410 e. The van der Waals surface area contributed by atoms with Gasteiger partial charge in [-0.15, -0.1) is 11.8 Å². The fraction of sp³-hybridized carbons (Fsp3) is 0.500. The number of carbonyl (C=O) groups excluding carboxylic acids is 4. The second kappa shape index (κ2) is 14.3. The summed E-state index contributed by atoms with van der Waals surface area (Å²) in [6, 6.07) is -1.18. The molecule has 0 aromatic carbocycles. The Hall–Kier alpha value is -2.89. The second-order valence-electron chi connectivity index (χ2n) is 11.3. The lowest BCUT2D eigenvalue weighted by Gasteiger charge is -2.46. The van der Waals surface area contributed by atoms with E-state index in [1.165, 1.54) is 33.7 Å². The third-order valence-corrected chi connectivity index (χ3v) is 10.7. The Morgan fingerprint density at radius 2 is 1.96 bits per heavy atom. The average Bonchev–Trinajstić information content (AvgIpc) is 3.73. The average molecular weight is 772 g/mol. The van der Waals surface area contributed by atoms with Crippen molar-refractivity contribution in [2.45, 2.75) is 50.3 Å². The highest BCUT2D eigenvalue weighted by molar-refractivity contribution is 8.03. The summed E-state index contributed by atoms with van der Waals surface area (Å²) >= 11 is 2.98. The quantitative estimate of drug-likeness (QED) is 0.103. The minimum absolute atomic E-state index is 0. The van der Waals surface area contributed by atoms with E-state index in [2.05, 4.69) is 13.2 Å². The van der Waals surface area contributed by atoms with Crippen molar-refractivity contribution in [3.63, 3.8) is 0 Å². The first-order valence-electron chi connectivity index (χ1n) is 14.4. The predicted molar refractivity (Wildman–Crippen MR) is 164 cm³/mol. The number of thiazole rings is 1. The number of nitrogens with zero attached hydrogens (tertiary/aromatic N) is 5. The molecule has 2 aromatic heterocycles. The molecule has 5 rings (SSSR count). The largest absolute Gasteiger partial charge is 1.00 e. The van der Waals surface area contributed by atoms with Crippen molar-refractivity contribution in [3.05, 3.63) is 59.5 Å². The molecule has 0 radical (unpaired) electrons. The molecule has 1 N–H and O–H groups in total. The van der Waals surface area contributed by atoms with Crippen molar-refractivity contribution in [3.8, 4) is 0 Å². The number of imidazole rings is 1. The number of likely N-dealkylation sites (N-methyl/N-ethyl adjacent to an activating group) is 1. The summed E-state index contributed by atoms with van der Waals surface area (Å²) in [5, 5.41) is 12.0. The van der Waals surface area contributed by atoms with Gasteiger partial charge in [-0.2, -0.15) is 4.40 Å². The number of rotatable bonds is 11. The smallest absolute Gasteiger partial charge is 0.410 e. The van der Waals surface area contributed by atoms with Crippen molar-refractivity contribution in [2.24, 2.45) is 18.9 Å². The highest BCUT2D eigenvalue weighted by Crippen LogP contribution is 2.52. The third kappa shape index (κ3) is 6.40. The summed E-state index contributed by atoms with van der Waals surface area (Å²) in [7, 11) is 3.64. The zero-order valence-electron chi connectivity index (χ0n) is 25.6. The number of thioether (sulfide) groups is 1. The molecule has 6 atom stereocenters. The van der Waals surface area contributed by atoms with Crippen LogP contribution in [0.4, 0.5) is 4.79 Å². The topological polar surface area (TPSA) is 125 Å². The van der Waals surface area contributed by atoms with E-state index >= 15 is 0 Å². The van der Waals surface area contributed by atoms with Crippen molar-refractivity contribution in [1.29, 1.82) is 0 Å². The number of aryl methyl sites for hydroxylation is 1. The van der Waals surface area contributed by atoms with E-state index in [1.807, 2.05) is 40.7 Å². The summed E-state index contributed by atoms with van der Waals surface area (Å²) < 4.78 is 14.7. The molecule has 5 heterocycles. The number of aliphatic hydroxyl groups excluding tert-OH is 1. The second-order valence-corrected chi connectivity index (χ2v) is 13.6.